The second-order valence-electron chi connectivity index (χ2n) is 8.85. The molecule has 1 saturated heterocycles. The van der Waals surface area contributed by atoms with Gasteiger partial charge >= 0.3 is 23.5 Å². The lowest BCUT2D eigenvalue weighted by atomic mass is 9.91. The summed E-state index contributed by atoms with van der Waals surface area (Å²) in [5, 5.41) is 58.1. The molecule has 8 N–H and O–H groups in total. The first-order valence-electron chi connectivity index (χ1n) is 11.5. The lowest BCUT2D eigenvalue weighted by molar-refractivity contribution is -0.406. The maximum absolute atomic E-state index is 12.3. The van der Waals surface area contributed by atoms with E-state index in [2.05, 4.69) is 28.1 Å². The summed E-state index contributed by atoms with van der Waals surface area (Å²) in [6.07, 6.45) is -5.63. The number of anilines is 1. The van der Waals surface area contributed by atoms with Gasteiger partial charge in [-0.05, 0) is 0 Å². The largest absolute Gasteiger partial charge is 0.490 e. The van der Waals surface area contributed by atoms with Crippen molar-refractivity contribution in [2.45, 2.75) is 24.0 Å². The minimum Gasteiger partial charge on any atom is -0.387 e. The zero-order valence-corrected chi connectivity index (χ0v) is 24.5. The van der Waals surface area contributed by atoms with Gasteiger partial charge in [-0.2, -0.15) is 8.62 Å². The third-order valence-corrected chi connectivity index (χ3v) is 9.82. The number of hydrogen-bond acceptors (Lipinski definition) is 19. The van der Waals surface area contributed by atoms with Crippen molar-refractivity contribution >= 4 is 57.5 Å². The van der Waals surface area contributed by atoms with Crippen LogP contribution in [0.3, 0.4) is 0 Å². The molecule has 2 unspecified atom stereocenters. The average Bonchev–Trinajstić information content (AvgIpc) is 3.45. The van der Waals surface area contributed by atoms with Crippen LogP contribution in [0.15, 0.2) is 24.8 Å². The monoisotopic (exact) mass is 718 g/mol. The molecule has 1 aliphatic heterocycles. The van der Waals surface area contributed by atoms with Crippen molar-refractivity contribution in [1.29, 1.82) is 0 Å². The van der Waals surface area contributed by atoms with E-state index in [-0.39, 0.29) is 23.5 Å². The number of aliphatic hydroxyl groups excluding tert-OH is 2. The first kappa shape index (κ1) is 34.9. The van der Waals surface area contributed by atoms with Gasteiger partial charge in [-0.3, -0.25) is 39.4 Å². The molecule has 0 saturated carbocycles. The molecule has 0 spiro atoms. The molecule has 250 valence electrons. The molecule has 2 aromatic heterocycles. The van der Waals surface area contributed by atoms with Crippen LogP contribution in [0.1, 0.15) is 5.56 Å². The van der Waals surface area contributed by atoms with Crippen LogP contribution in [0, 0.1) is 30.3 Å². The highest BCUT2D eigenvalue weighted by molar-refractivity contribution is 7.66. The second kappa shape index (κ2) is 12.0. The molecule has 4 rings (SSSR count). The van der Waals surface area contributed by atoms with Gasteiger partial charge < -0.3 is 40.3 Å². The van der Waals surface area contributed by atoms with E-state index in [1.165, 1.54) is 0 Å². The Morgan fingerprint density at radius 1 is 0.935 bits per heavy atom. The Morgan fingerprint density at radius 2 is 1.52 bits per heavy atom. The lowest BCUT2D eigenvalue weighted by Gasteiger charge is -2.33. The van der Waals surface area contributed by atoms with E-state index in [4.69, 9.17) is 20.3 Å². The highest BCUT2D eigenvalue weighted by Crippen LogP contribution is 2.66. The zero-order chi connectivity index (χ0) is 34.6. The fourth-order valence-corrected chi connectivity index (χ4v) is 7.42. The molecular formula is C16H17N8O19P3. The van der Waals surface area contributed by atoms with Crippen molar-refractivity contribution in [2.24, 2.45) is 0 Å². The number of aliphatic hydroxyl groups is 2. The van der Waals surface area contributed by atoms with Crippen LogP contribution in [0.4, 0.5) is 22.9 Å². The summed E-state index contributed by atoms with van der Waals surface area (Å²) in [7, 11) is -17.7. The fraction of sp³-hybridized carbons (Fsp3) is 0.312. The topological polar surface area (TPSA) is 409 Å². The number of rotatable bonds is 12. The SMILES string of the molecule is Nc1ncnc2c1ncn2[C@]1(c2c([N+](=O)[O-])cc([N+](=O)[O-])cc2[N+](=O)[O-])O[C@H](COP(=O)(O)OP(=O)(O)OP(=O)(O)O)[C@@H](O)[C@H]1O. The number of fused-ring (bicyclic) bond motifs is 1. The molecule has 30 heteroatoms. The molecule has 3 aromatic rings. The van der Waals surface area contributed by atoms with E-state index < -0.39 is 97.2 Å². The lowest BCUT2D eigenvalue weighted by Crippen LogP contribution is -2.47. The van der Waals surface area contributed by atoms with E-state index in [1.54, 1.807) is 0 Å². The van der Waals surface area contributed by atoms with Gasteiger partial charge in [-0.25, -0.2) is 28.6 Å². The molecule has 3 heterocycles. The van der Waals surface area contributed by atoms with E-state index in [0.717, 1.165) is 12.7 Å². The van der Waals surface area contributed by atoms with Crippen LogP contribution in [0.5, 0.6) is 0 Å². The molecule has 27 nitrogen and oxygen atoms in total. The second-order valence-corrected chi connectivity index (χ2v) is 13.3. The Morgan fingerprint density at radius 3 is 2.04 bits per heavy atom. The summed E-state index contributed by atoms with van der Waals surface area (Å²) in [6.45, 7) is -1.47. The number of ether oxygens (including phenoxy) is 1. The van der Waals surface area contributed by atoms with E-state index in [0.29, 0.717) is 4.57 Å². The number of phosphoric acid groups is 3. The molecule has 1 aliphatic rings. The number of nitro groups is 3. The van der Waals surface area contributed by atoms with Gasteiger partial charge in [0.25, 0.3) is 17.1 Å². The molecule has 0 bridgehead atoms. The number of phosphoric ester groups is 1. The van der Waals surface area contributed by atoms with Gasteiger partial charge in [0, 0.05) is 0 Å². The predicted octanol–water partition coefficient (Wildman–Crippen LogP) is -0.702. The minimum absolute atomic E-state index is 0.272. The van der Waals surface area contributed by atoms with Crippen LogP contribution in [-0.4, -0.2) is 89.0 Å². The number of nitrogens with two attached hydrogens (primary N) is 1. The van der Waals surface area contributed by atoms with Gasteiger partial charge in [0.15, 0.2) is 17.0 Å². The third kappa shape index (κ3) is 6.62. The Bertz CT molecular complexity index is 1860. The fourth-order valence-electron chi connectivity index (χ4n) is 4.39. The summed E-state index contributed by atoms with van der Waals surface area (Å²) >= 11 is 0. The van der Waals surface area contributed by atoms with Gasteiger partial charge in [-0.15, -0.1) is 0 Å². The van der Waals surface area contributed by atoms with Crippen molar-refractivity contribution in [3.63, 3.8) is 0 Å². The van der Waals surface area contributed by atoms with Gasteiger partial charge in [0.1, 0.15) is 30.2 Å². The first-order chi connectivity index (χ1) is 21.1. The number of aromatic nitrogens is 4. The summed E-state index contributed by atoms with van der Waals surface area (Å²) in [5.41, 5.74) is -3.30. The van der Waals surface area contributed by atoms with Gasteiger partial charge in [0.05, 0.1) is 39.8 Å². The van der Waals surface area contributed by atoms with E-state index in [1.807, 2.05) is 0 Å². The van der Waals surface area contributed by atoms with Crippen LogP contribution in [0.2, 0.25) is 0 Å². The normalized spacial score (nSPS) is 24.3. The van der Waals surface area contributed by atoms with Crippen LogP contribution in [0.25, 0.3) is 11.2 Å². The summed E-state index contributed by atoms with van der Waals surface area (Å²) in [5.74, 6) is -0.330. The van der Waals surface area contributed by atoms with E-state index >= 15 is 0 Å². The average molecular weight is 718 g/mol. The Labute approximate surface area is 250 Å². The van der Waals surface area contributed by atoms with Crippen LogP contribution in [-0.2, 0) is 37.3 Å². The molecule has 6 atom stereocenters. The number of nitrogen functional groups attached to an aromatic ring is 1. The molecule has 0 radical (unpaired) electrons. The summed E-state index contributed by atoms with van der Waals surface area (Å²) < 4.78 is 52.7. The van der Waals surface area contributed by atoms with Crippen molar-refractivity contribution < 1.29 is 76.1 Å². The zero-order valence-electron chi connectivity index (χ0n) is 21.8. The summed E-state index contributed by atoms with van der Waals surface area (Å²) in [4.78, 5) is 79.9. The quantitative estimate of drug-likeness (QED) is 0.0691. The van der Waals surface area contributed by atoms with Gasteiger partial charge in [-0.1, -0.05) is 0 Å². The third-order valence-electron chi connectivity index (χ3n) is 6.02. The predicted molar refractivity (Wildman–Crippen MR) is 140 cm³/mol. The van der Waals surface area contributed by atoms with Crippen LogP contribution < -0.4 is 5.73 Å². The number of benzene rings is 1. The first-order valence-corrected chi connectivity index (χ1v) is 16.0. The van der Waals surface area contributed by atoms with Gasteiger partial charge in [0.2, 0.25) is 5.72 Å². The standard InChI is InChI=1S/C16H17N8O19P3/c17-14-11-15(19-4-18-14)21(5-20-11)16(10-7(23(29)30)1-6(22(27)28)2-8(10)24(31)32)13(26)12(25)9(41-16)3-40-45(36,37)43-46(38,39)42-44(33,34)35/h1-2,4-5,9,12-13,25-26H,3H2,(H,36,37)(H,38,39)(H2,17,18,19)(H2,33,34,35)/t9-,12-,13-,16-/m1/s1. The maximum Gasteiger partial charge on any atom is 0.490 e. The number of non-ortho nitro benzene ring substituents is 1. The number of imidazole rings is 1. The molecule has 1 aromatic carbocycles. The minimum atomic E-state index is -6.01. The van der Waals surface area contributed by atoms with Crippen LogP contribution >= 0.6 is 23.5 Å². The maximum atomic E-state index is 12.3. The number of nitrogens with zero attached hydrogens (tertiary/aromatic N) is 7. The Hall–Kier alpha value is -3.94. The molecular weight excluding hydrogens is 701 g/mol. The number of hydrogen-bond donors (Lipinski definition) is 7. The van der Waals surface area contributed by atoms with Crippen molar-refractivity contribution in [3.8, 4) is 0 Å². The molecule has 1 fully saturated rings. The Balaban J connectivity index is 1.91. The smallest absolute Gasteiger partial charge is 0.387 e. The van der Waals surface area contributed by atoms with Crippen molar-refractivity contribution in [3.05, 3.63) is 60.7 Å². The van der Waals surface area contributed by atoms with E-state index in [9.17, 15) is 64.0 Å². The summed E-state index contributed by atoms with van der Waals surface area (Å²) in [6, 6.07) is 0.544. The molecule has 0 amide bonds. The van der Waals surface area contributed by atoms with Crippen molar-refractivity contribution in [2.75, 3.05) is 12.3 Å². The Kier molecular flexibility index (Phi) is 9.12. The molecule has 46 heavy (non-hydrogen) atoms. The van der Waals surface area contributed by atoms with Crippen molar-refractivity contribution in [1.82, 2.24) is 19.5 Å². The number of nitro benzene ring substituents is 3. The highest BCUT2D eigenvalue weighted by atomic mass is 31.3. The molecule has 0 aliphatic carbocycles. The highest BCUT2D eigenvalue weighted by Gasteiger charge is 2.63.